The van der Waals surface area contributed by atoms with Gasteiger partial charge in [0, 0.05) is 41.6 Å². The van der Waals surface area contributed by atoms with Crippen molar-refractivity contribution in [1.29, 1.82) is 0 Å². The molecule has 4 aromatic carbocycles. The van der Waals surface area contributed by atoms with Crippen LogP contribution >= 0.6 is 0 Å². The van der Waals surface area contributed by atoms with Gasteiger partial charge in [-0.3, -0.25) is 0 Å². The molecule has 0 atom stereocenters. The standard InChI is InChI=1S/2C14H11NO.Zn/c2*1-9-6-7-12-11-5-3-2-4-10(11)8-13(16)14(12)15-9;/h2*2-8,16H,1H3;. The van der Waals surface area contributed by atoms with Gasteiger partial charge in [0.05, 0.1) is 0 Å². The van der Waals surface area contributed by atoms with Crippen LogP contribution in [0.2, 0.25) is 0 Å². The van der Waals surface area contributed by atoms with Crippen LogP contribution in [0.5, 0.6) is 11.5 Å². The van der Waals surface area contributed by atoms with Crippen molar-refractivity contribution in [2.45, 2.75) is 13.8 Å². The Labute approximate surface area is 204 Å². The number of hydrogen-bond acceptors (Lipinski definition) is 4. The maximum atomic E-state index is 9.93. The number of pyridine rings is 2. The zero-order valence-electron chi connectivity index (χ0n) is 18.6. The Morgan fingerprint density at radius 1 is 0.515 bits per heavy atom. The first-order valence-corrected chi connectivity index (χ1v) is 10.5. The van der Waals surface area contributed by atoms with Crippen molar-refractivity contribution in [2.24, 2.45) is 0 Å². The molecule has 0 bridgehead atoms. The van der Waals surface area contributed by atoms with E-state index in [1.165, 1.54) is 0 Å². The minimum absolute atomic E-state index is 0. The van der Waals surface area contributed by atoms with Crippen molar-refractivity contribution >= 4 is 43.4 Å². The molecule has 2 heterocycles. The number of phenolic OH excluding ortho intramolecular Hbond substituents is 2. The molecule has 0 fully saturated rings. The maximum Gasteiger partial charge on any atom is 0.142 e. The van der Waals surface area contributed by atoms with E-state index in [2.05, 4.69) is 9.97 Å². The molecule has 2 aromatic heterocycles. The van der Waals surface area contributed by atoms with Crippen molar-refractivity contribution < 1.29 is 29.7 Å². The van der Waals surface area contributed by atoms with Crippen LogP contribution in [-0.2, 0) is 19.5 Å². The van der Waals surface area contributed by atoms with E-state index < -0.39 is 0 Å². The molecule has 0 aliphatic rings. The molecule has 0 aliphatic carbocycles. The van der Waals surface area contributed by atoms with Gasteiger partial charge in [-0.25, -0.2) is 9.97 Å². The van der Waals surface area contributed by atoms with Crippen molar-refractivity contribution in [3.8, 4) is 11.5 Å². The van der Waals surface area contributed by atoms with Gasteiger partial charge in [0.25, 0.3) is 0 Å². The summed E-state index contributed by atoms with van der Waals surface area (Å²) >= 11 is 0. The molecule has 0 amide bonds. The van der Waals surface area contributed by atoms with Crippen molar-refractivity contribution in [3.63, 3.8) is 0 Å². The number of aryl methyl sites for hydroxylation is 2. The van der Waals surface area contributed by atoms with Gasteiger partial charge < -0.3 is 10.2 Å². The normalized spacial score (nSPS) is 10.7. The number of fused-ring (bicyclic) bond motifs is 6. The molecule has 6 rings (SSSR count). The third-order valence-corrected chi connectivity index (χ3v) is 5.64. The Balaban J connectivity index is 0.000000152. The zero-order valence-corrected chi connectivity index (χ0v) is 21.5. The van der Waals surface area contributed by atoms with Crippen molar-refractivity contribution in [1.82, 2.24) is 9.97 Å². The minimum Gasteiger partial charge on any atom is -0.506 e. The maximum absolute atomic E-state index is 9.93. The van der Waals surface area contributed by atoms with Crippen LogP contribution in [0, 0.1) is 13.8 Å². The molecule has 0 radical (unpaired) electrons. The van der Waals surface area contributed by atoms with E-state index in [0.29, 0.717) is 11.0 Å². The number of benzene rings is 4. The van der Waals surface area contributed by atoms with Gasteiger partial charge >= 0.3 is 0 Å². The van der Waals surface area contributed by atoms with E-state index in [0.717, 1.165) is 43.7 Å². The summed E-state index contributed by atoms with van der Waals surface area (Å²) in [4.78, 5) is 8.75. The minimum atomic E-state index is 0. The number of hydrogen-bond donors (Lipinski definition) is 2. The third-order valence-electron chi connectivity index (χ3n) is 5.64. The number of nitrogens with zero attached hydrogens (tertiary/aromatic N) is 2. The van der Waals surface area contributed by atoms with Gasteiger partial charge in [0.15, 0.2) is 0 Å². The molecular formula is C28H22N2O2Zn. The van der Waals surface area contributed by atoms with Crippen LogP contribution in [-0.4, -0.2) is 20.2 Å². The third kappa shape index (κ3) is 4.25. The summed E-state index contributed by atoms with van der Waals surface area (Å²) in [5, 5.41) is 26.2. The molecule has 0 saturated heterocycles. The zero-order chi connectivity index (χ0) is 22.2. The molecule has 0 unspecified atom stereocenters. The first-order valence-electron chi connectivity index (χ1n) is 10.5. The average Bonchev–Trinajstić information content (AvgIpc) is 2.80. The predicted molar refractivity (Wildman–Crippen MR) is 131 cm³/mol. The van der Waals surface area contributed by atoms with Gasteiger partial charge in [-0.05, 0) is 59.7 Å². The van der Waals surface area contributed by atoms with E-state index in [1.54, 1.807) is 12.1 Å². The summed E-state index contributed by atoms with van der Waals surface area (Å²) in [5.74, 6) is 0.495. The van der Waals surface area contributed by atoms with Crippen LogP contribution in [0.15, 0.2) is 84.9 Å². The van der Waals surface area contributed by atoms with Crippen LogP contribution < -0.4 is 0 Å². The molecule has 5 heteroatoms. The molecule has 158 valence electrons. The summed E-state index contributed by atoms with van der Waals surface area (Å²) < 4.78 is 0. The molecule has 0 spiro atoms. The molecule has 4 nitrogen and oxygen atoms in total. The SMILES string of the molecule is Cc1ccc2c(n1)c(O)cc1ccccc12.Cc1ccc2c(n1)c(O)cc1ccccc12.[Zn]. The summed E-state index contributed by atoms with van der Waals surface area (Å²) in [5.41, 5.74) is 3.19. The second-order valence-corrected chi connectivity index (χ2v) is 7.93. The second-order valence-electron chi connectivity index (χ2n) is 7.93. The molecular weight excluding hydrogens is 462 g/mol. The monoisotopic (exact) mass is 482 g/mol. The second kappa shape index (κ2) is 9.13. The molecule has 0 saturated carbocycles. The van der Waals surface area contributed by atoms with Crippen LogP contribution in [0.25, 0.3) is 43.4 Å². The number of aromatic hydroxyl groups is 2. The Hall–Kier alpha value is -3.56. The van der Waals surface area contributed by atoms with E-state index >= 15 is 0 Å². The van der Waals surface area contributed by atoms with Gasteiger partial charge in [0.1, 0.15) is 22.5 Å². The Kier molecular flexibility index (Phi) is 6.26. The summed E-state index contributed by atoms with van der Waals surface area (Å²) in [6, 6.07) is 27.5. The number of rotatable bonds is 0. The molecule has 0 aliphatic heterocycles. The van der Waals surface area contributed by atoms with Gasteiger partial charge in [-0.15, -0.1) is 0 Å². The van der Waals surface area contributed by atoms with E-state index in [4.69, 9.17) is 0 Å². The van der Waals surface area contributed by atoms with Gasteiger partial charge in [-0.2, -0.15) is 0 Å². The van der Waals surface area contributed by atoms with Gasteiger partial charge in [0.2, 0.25) is 0 Å². The molecule has 2 N–H and O–H groups in total. The fourth-order valence-corrected chi connectivity index (χ4v) is 4.11. The Bertz CT molecular complexity index is 1510. The molecule has 33 heavy (non-hydrogen) atoms. The van der Waals surface area contributed by atoms with Crippen LogP contribution in [0.1, 0.15) is 11.4 Å². The first-order chi connectivity index (χ1) is 15.5. The summed E-state index contributed by atoms with van der Waals surface area (Å²) in [6.45, 7) is 3.85. The summed E-state index contributed by atoms with van der Waals surface area (Å²) in [7, 11) is 0. The number of aromatic nitrogens is 2. The largest absolute Gasteiger partial charge is 0.506 e. The van der Waals surface area contributed by atoms with E-state index in [9.17, 15) is 10.2 Å². The predicted octanol–water partition coefficient (Wildman–Crippen LogP) is 6.80. The van der Waals surface area contributed by atoms with Gasteiger partial charge in [-0.1, -0.05) is 60.7 Å². The Morgan fingerprint density at radius 2 is 0.909 bits per heavy atom. The topological polar surface area (TPSA) is 66.2 Å². The molecule has 6 aromatic rings. The van der Waals surface area contributed by atoms with Crippen LogP contribution in [0.4, 0.5) is 0 Å². The Morgan fingerprint density at radius 3 is 1.33 bits per heavy atom. The van der Waals surface area contributed by atoms with Crippen molar-refractivity contribution in [3.05, 3.63) is 96.3 Å². The van der Waals surface area contributed by atoms with Crippen LogP contribution in [0.3, 0.4) is 0 Å². The first kappa shape index (κ1) is 22.6. The fourth-order valence-electron chi connectivity index (χ4n) is 4.11. The fraction of sp³-hybridized carbons (Fsp3) is 0.0714. The van der Waals surface area contributed by atoms with E-state index in [1.807, 2.05) is 86.6 Å². The quantitative estimate of drug-likeness (QED) is 0.184. The number of phenols is 2. The summed E-state index contributed by atoms with van der Waals surface area (Å²) in [6.07, 6.45) is 0. The van der Waals surface area contributed by atoms with E-state index in [-0.39, 0.29) is 31.0 Å². The smallest absolute Gasteiger partial charge is 0.142 e. The average molecular weight is 484 g/mol. The van der Waals surface area contributed by atoms with Crippen molar-refractivity contribution in [2.75, 3.05) is 0 Å².